The smallest absolute Gasteiger partial charge is 0.255 e. The van der Waals surface area contributed by atoms with E-state index in [1.807, 2.05) is 0 Å². The molecule has 0 fully saturated rings. The molecule has 0 saturated carbocycles. The Labute approximate surface area is 200 Å². The molecule has 32 heavy (non-hydrogen) atoms. The third-order valence-corrected chi connectivity index (χ3v) is 7.04. The average Bonchev–Trinajstić information content (AvgIpc) is 2.76. The largest absolute Gasteiger partial charge is 0.272 e. The molecular formula is C21H17Cl3N4O3S. The number of halogens is 3. The highest BCUT2D eigenvalue weighted by Crippen LogP contribution is 2.28. The number of rotatable bonds is 8. The molecule has 0 aliphatic carbocycles. The Hall–Kier alpha value is -2.49. The first-order valence-electron chi connectivity index (χ1n) is 9.18. The number of pyridine rings is 1. The molecule has 2 aromatic carbocycles. The topological polar surface area (TPSA) is 91.7 Å². The molecule has 11 heteroatoms. The first kappa shape index (κ1) is 24.2. The van der Waals surface area contributed by atoms with Gasteiger partial charge in [0, 0.05) is 39.6 Å². The number of hydrazone groups is 1. The molecule has 3 aromatic rings. The van der Waals surface area contributed by atoms with Crippen molar-refractivity contribution in [2.24, 2.45) is 5.10 Å². The summed E-state index contributed by atoms with van der Waals surface area (Å²) in [5.74, 6) is -0.643. The summed E-state index contributed by atoms with van der Waals surface area (Å²) in [5.41, 5.74) is 3.42. The number of hydrogen-bond donors (Lipinski definition) is 1. The van der Waals surface area contributed by atoms with E-state index < -0.39 is 22.5 Å². The van der Waals surface area contributed by atoms with Crippen LogP contribution in [-0.4, -0.2) is 36.4 Å². The van der Waals surface area contributed by atoms with Crippen LogP contribution in [0.4, 0.5) is 0 Å². The summed E-state index contributed by atoms with van der Waals surface area (Å²) in [7, 11) is -4.09. The lowest BCUT2D eigenvalue weighted by atomic mass is 10.2. The molecule has 1 aromatic heterocycles. The second kappa shape index (κ2) is 10.9. The number of amides is 1. The van der Waals surface area contributed by atoms with E-state index >= 15 is 0 Å². The predicted octanol–water partition coefficient (Wildman–Crippen LogP) is 4.38. The lowest BCUT2D eigenvalue weighted by Gasteiger charge is -2.22. The van der Waals surface area contributed by atoms with E-state index in [0.29, 0.717) is 16.1 Å². The van der Waals surface area contributed by atoms with E-state index in [4.69, 9.17) is 34.8 Å². The van der Waals surface area contributed by atoms with Gasteiger partial charge in [-0.1, -0.05) is 40.9 Å². The molecule has 3 rings (SSSR count). The van der Waals surface area contributed by atoms with Crippen molar-refractivity contribution in [3.63, 3.8) is 0 Å². The number of sulfonamides is 1. The maximum atomic E-state index is 13.3. The molecule has 7 nitrogen and oxygen atoms in total. The van der Waals surface area contributed by atoms with Gasteiger partial charge < -0.3 is 0 Å². The summed E-state index contributed by atoms with van der Waals surface area (Å²) in [6.07, 6.45) is 4.58. The summed E-state index contributed by atoms with van der Waals surface area (Å²) in [6.45, 7) is -0.731. The van der Waals surface area contributed by atoms with Crippen molar-refractivity contribution in [1.29, 1.82) is 0 Å². The fourth-order valence-corrected chi connectivity index (χ4v) is 4.67. The molecule has 1 heterocycles. The van der Waals surface area contributed by atoms with Crippen molar-refractivity contribution in [2.45, 2.75) is 11.4 Å². The number of nitrogens with one attached hydrogen (secondary N) is 1. The molecule has 0 radical (unpaired) electrons. The number of carbonyl (C=O) groups is 1. The van der Waals surface area contributed by atoms with Gasteiger partial charge in [0.05, 0.1) is 17.7 Å². The summed E-state index contributed by atoms with van der Waals surface area (Å²) >= 11 is 18.3. The van der Waals surface area contributed by atoms with E-state index in [2.05, 4.69) is 15.5 Å². The minimum absolute atomic E-state index is 0.0295. The lowest BCUT2D eigenvalue weighted by molar-refractivity contribution is -0.121. The van der Waals surface area contributed by atoms with Crippen molar-refractivity contribution < 1.29 is 13.2 Å². The van der Waals surface area contributed by atoms with Gasteiger partial charge in [-0.25, -0.2) is 13.8 Å². The van der Waals surface area contributed by atoms with Crippen LogP contribution in [0.5, 0.6) is 0 Å². The Morgan fingerprint density at radius 1 is 1.00 bits per heavy atom. The second-order valence-electron chi connectivity index (χ2n) is 6.50. The molecule has 0 bridgehead atoms. The summed E-state index contributed by atoms with van der Waals surface area (Å²) in [6, 6.07) is 13.9. The summed E-state index contributed by atoms with van der Waals surface area (Å²) < 4.78 is 27.5. The van der Waals surface area contributed by atoms with Gasteiger partial charge in [0.15, 0.2) is 0 Å². The maximum absolute atomic E-state index is 13.3. The van der Waals surface area contributed by atoms with E-state index in [1.165, 1.54) is 30.5 Å². The lowest BCUT2D eigenvalue weighted by Crippen LogP contribution is -2.39. The van der Waals surface area contributed by atoms with Gasteiger partial charge in [0.2, 0.25) is 10.0 Å². The molecular weight excluding hydrogens is 495 g/mol. The van der Waals surface area contributed by atoms with Gasteiger partial charge in [-0.15, -0.1) is 0 Å². The van der Waals surface area contributed by atoms with Crippen LogP contribution in [0.15, 0.2) is 77.0 Å². The van der Waals surface area contributed by atoms with Crippen molar-refractivity contribution in [3.05, 3.63) is 93.2 Å². The highest BCUT2D eigenvalue weighted by molar-refractivity contribution is 7.89. The van der Waals surface area contributed by atoms with E-state index in [9.17, 15) is 13.2 Å². The molecule has 0 atom stereocenters. The maximum Gasteiger partial charge on any atom is 0.255 e. The summed E-state index contributed by atoms with van der Waals surface area (Å²) in [4.78, 5) is 16.4. The van der Waals surface area contributed by atoms with Crippen LogP contribution in [0, 0.1) is 0 Å². The van der Waals surface area contributed by atoms with E-state index in [-0.39, 0.29) is 21.5 Å². The predicted molar refractivity (Wildman–Crippen MR) is 125 cm³/mol. The van der Waals surface area contributed by atoms with Crippen LogP contribution in [0.1, 0.15) is 11.1 Å². The first-order chi connectivity index (χ1) is 15.3. The van der Waals surface area contributed by atoms with Gasteiger partial charge in [-0.05, 0) is 54.1 Å². The normalized spacial score (nSPS) is 11.8. The molecule has 0 unspecified atom stereocenters. The third kappa shape index (κ3) is 6.27. The Balaban J connectivity index is 1.85. The fourth-order valence-electron chi connectivity index (χ4n) is 2.67. The Bertz CT molecular complexity index is 1200. The number of nitrogens with zero attached hydrogens (tertiary/aromatic N) is 3. The third-order valence-electron chi connectivity index (χ3n) is 4.28. The van der Waals surface area contributed by atoms with Gasteiger partial charge in [-0.2, -0.15) is 9.41 Å². The fraction of sp³-hybridized carbons (Fsp3) is 0.0952. The van der Waals surface area contributed by atoms with E-state index in [1.54, 1.807) is 42.7 Å². The molecule has 1 amide bonds. The Morgan fingerprint density at radius 3 is 2.25 bits per heavy atom. The molecule has 0 spiro atoms. The Kier molecular flexibility index (Phi) is 8.22. The van der Waals surface area contributed by atoms with Crippen LogP contribution in [0.3, 0.4) is 0 Å². The van der Waals surface area contributed by atoms with Gasteiger partial charge in [-0.3, -0.25) is 9.78 Å². The zero-order valence-corrected chi connectivity index (χ0v) is 19.5. The molecule has 1 N–H and O–H groups in total. The number of hydrogen-bond acceptors (Lipinski definition) is 5. The number of carbonyl (C=O) groups excluding carboxylic acids is 1. The molecule has 0 aliphatic rings. The Morgan fingerprint density at radius 2 is 1.62 bits per heavy atom. The number of aromatic nitrogens is 1. The van der Waals surface area contributed by atoms with Crippen molar-refractivity contribution >= 4 is 56.9 Å². The number of benzene rings is 2. The van der Waals surface area contributed by atoms with Crippen LogP contribution in [-0.2, 0) is 21.4 Å². The minimum atomic E-state index is -4.09. The highest BCUT2D eigenvalue weighted by atomic mass is 35.5. The van der Waals surface area contributed by atoms with Gasteiger partial charge in [0.25, 0.3) is 5.91 Å². The summed E-state index contributed by atoms with van der Waals surface area (Å²) in [5, 5.41) is 4.81. The monoisotopic (exact) mass is 510 g/mol. The standard InChI is InChI=1S/C21H17Cl3N4O3S/c22-16-4-6-17(7-5-16)32(30,31)28(13-18-19(23)2-1-3-20(18)24)14-21(29)27-26-12-15-8-10-25-11-9-15/h1-12H,13-14H2,(H,27,29)/b26-12+. The van der Waals surface area contributed by atoms with E-state index in [0.717, 1.165) is 4.31 Å². The zero-order valence-electron chi connectivity index (χ0n) is 16.5. The highest BCUT2D eigenvalue weighted by Gasteiger charge is 2.28. The SMILES string of the molecule is O=C(CN(Cc1c(Cl)cccc1Cl)S(=O)(=O)c1ccc(Cl)cc1)N/N=C/c1ccncc1. The second-order valence-corrected chi connectivity index (χ2v) is 9.69. The molecule has 166 valence electrons. The van der Waals surface area contributed by atoms with Gasteiger partial charge >= 0.3 is 0 Å². The van der Waals surface area contributed by atoms with Gasteiger partial charge in [0.1, 0.15) is 0 Å². The minimum Gasteiger partial charge on any atom is -0.272 e. The van der Waals surface area contributed by atoms with Crippen LogP contribution in [0.25, 0.3) is 0 Å². The average molecular weight is 512 g/mol. The first-order valence-corrected chi connectivity index (χ1v) is 11.8. The van der Waals surface area contributed by atoms with Crippen molar-refractivity contribution in [2.75, 3.05) is 6.54 Å². The molecule has 0 saturated heterocycles. The van der Waals surface area contributed by atoms with Crippen LogP contribution < -0.4 is 5.43 Å². The van der Waals surface area contributed by atoms with Crippen LogP contribution >= 0.6 is 34.8 Å². The van der Waals surface area contributed by atoms with Crippen LogP contribution in [0.2, 0.25) is 15.1 Å². The molecule has 0 aliphatic heterocycles. The van der Waals surface area contributed by atoms with Crippen molar-refractivity contribution in [1.82, 2.24) is 14.7 Å². The quantitative estimate of drug-likeness (QED) is 0.359. The zero-order chi connectivity index (χ0) is 23.1. The van der Waals surface area contributed by atoms with Crippen molar-refractivity contribution in [3.8, 4) is 0 Å².